The number of rotatable bonds is 5. The number of hydrogen-bond acceptors (Lipinski definition) is 5. The number of oxime groups is 1. The third-order valence-corrected chi connectivity index (χ3v) is 9.28. The number of aliphatic hydroxyl groups is 1. The number of carbonyl (C=O) groups excluding carboxylic acids is 1. The Morgan fingerprint density at radius 2 is 2.00 bits per heavy atom. The summed E-state index contributed by atoms with van der Waals surface area (Å²) < 4.78 is 0. The average molecular weight is 444 g/mol. The number of carboxylic acids is 1. The molecule has 32 heavy (non-hydrogen) atoms. The maximum atomic E-state index is 11.8. The summed E-state index contributed by atoms with van der Waals surface area (Å²) in [6, 6.07) is 0. The van der Waals surface area contributed by atoms with E-state index in [9.17, 15) is 14.7 Å². The molecule has 176 valence electrons. The minimum absolute atomic E-state index is 0.0248. The van der Waals surface area contributed by atoms with Crippen molar-refractivity contribution < 1.29 is 24.6 Å². The zero-order chi connectivity index (χ0) is 23.3. The van der Waals surface area contributed by atoms with Crippen molar-refractivity contribution >= 4 is 17.7 Å². The summed E-state index contributed by atoms with van der Waals surface area (Å²) in [7, 11) is 0. The molecular weight excluding hydrogens is 406 g/mol. The van der Waals surface area contributed by atoms with Gasteiger partial charge in [-0.2, -0.15) is 0 Å². The first-order valence-corrected chi connectivity index (χ1v) is 12.1. The Morgan fingerprint density at radius 3 is 2.69 bits per heavy atom. The highest BCUT2D eigenvalue weighted by atomic mass is 16.7. The average Bonchev–Trinajstić information content (AvgIpc) is 3.01. The predicted octanol–water partition coefficient (Wildman–Crippen LogP) is 4.88. The van der Waals surface area contributed by atoms with Crippen LogP contribution in [-0.4, -0.2) is 33.5 Å². The topological polar surface area (TPSA) is 96.2 Å². The van der Waals surface area contributed by atoms with Gasteiger partial charge in [0.15, 0.2) is 0 Å². The van der Waals surface area contributed by atoms with Gasteiger partial charge in [0.1, 0.15) is 0 Å². The van der Waals surface area contributed by atoms with Crippen LogP contribution in [0.2, 0.25) is 0 Å². The van der Waals surface area contributed by atoms with Crippen molar-refractivity contribution in [1.82, 2.24) is 0 Å². The third-order valence-electron chi connectivity index (χ3n) is 9.28. The van der Waals surface area contributed by atoms with Crippen molar-refractivity contribution in [3.05, 3.63) is 23.8 Å². The van der Waals surface area contributed by atoms with Gasteiger partial charge in [-0.1, -0.05) is 31.2 Å². The summed E-state index contributed by atoms with van der Waals surface area (Å²) in [5, 5.41) is 25.0. The largest absolute Gasteiger partial charge is 0.481 e. The van der Waals surface area contributed by atoms with Gasteiger partial charge in [-0.25, -0.2) is 4.79 Å². The molecule has 4 aliphatic carbocycles. The van der Waals surface area contributed by atoms with E-state index >= 15 is 0 Å². The highest BCUT2D eigenvalue weighted by Gasteiger charge is 2.64. The third kappa shape index (κ3) is 3.74. The van der Waals surface area contributed by atoms with Crippen LogP contribution in [0, 0.1) is 35.0 Å². The molecule has 0 aliphatic heterocycles. The van der Waals surface area contributed by atoms with Crippen LogP contribution in [0.3, 0.4) is 0 Å². The van der Waals surface area contributed by atoms with Gasteiger partial charge in [0.05, 0.1) is 11.3 Å². The number of nitrogens with zero attached hydrogens (tertiary/aromatic N) is 1. The van der Waals surface area contributed by atoms with E-state index in [-0.39, 0.29) is 17.8 Å². The molecule has 2 N–H and O–H groups in total. The lowest BCUT2D eigenvalue weighted by molar-refractivity contribution is -0.141. The molecule has 0 aromatic carbocycles. The summed E-state index contributed by atoms with van der Waals surface area (Å²) >= 11 is 0. The number of allylic oxidation sites excluding steroid dienone is 2. The summed E-state index contributed by atoms with van der Waals surface area (Å²) in [6.45, 7) is 10.1. The highest BCUT2D eigenvalue weighted by Crippen LogP contribution is 2.67. The summed E-state index contributed by atoms with van der Waals surface area (Å²) in [5.41, 5.74) is 1.79. The van der Waals surface area contributed by atoms with Crippen molar-refractivity contribution in [3.63, 3.8) is 0 Å². The molecule has 0 heterocycles. The van der Waals surface area contributed by atoms with Crippen molar-refractivity contribution in [2.24, 2.45) is 40.2 Å². The molecule has 0 bridgehead atoms. The number of carbonyl (C=O) groups is 2. The molecule has 4 rings (SSSR count). The van der Waals surface area contributed by atoms with Crippen LogP contribution in [0.25, 0.3) is 0 Å². The second-order valence-electron chi connectivity index (χ2n) is 10.9. The molecule has 3 saturated carbocycles. The molecule has 0 amide bonds. The van der Waals surface area contributed by atoms with Crippen LogP contribution in [-0.2, 0) is 14.4 Å². The first-order valence-electron chi connectivity index (χ1n) is 12.1. The van der Waals surface area contributed by atoms with E-state index in [2.05, 4.69) is 31.7 Å². The fourth-order valence-electron chi connectivity index (χ4n) is 8.02. The number of aliphatic carboxylic acids is 1. The Hall–Kier alpha value is -1.95. The Kier molecular flexibility index (Phi) is 6.12. The lowest BCUT2D eigenvalue weighted by Crippen LogP contribution is -2.55. The number of hydrogen-bond donors (Lipinski definition) is 2. The van der Waals surface area contributed by atoms with Gasteiger partial charge in [-0.15, -0.1) is 0 Å². The normalized spacial score (nSPS) is 41.8. The van der Waals surface area contributed by atoms with E-state index in [1.165, 1.54) is 12.5 Å². The van der Waals surface area contributed by atoms with Gasteiger partial charge < -0.3 is 15.1 Å². The Bertz CT molecular complexity index is 875. The van der Waals surface area contributed by atoms with Crippen molar-refractivity contribution in [2.75, 3.05) is 0 Å². The summed E-state index contributed by atoms with van der Waals surface area (Å²) in [6.07, 6.45) is 9.15. The Morgan fingerprint density at radius 1 is 1.25 bits per heavy atom. The standard InChI is InChI=1S/C26H37NO5/c1-15-14-25(4)22(11-12-26(25,31)16(2)5-10-23(29)30)21-8-6-18-13-19(27-32-17(3)28)7-9-20(18)24(15)21/h13,15,20-22,24,31H,2,5-12,14H2,1,3-4H3,(H,29,30)/b27-19-/t15-,20-,21-,22-,24+,25-,26+/m0/s1. The lowest BCUT2D eigenvalue weighted by Gasteiger charge is -2.58. The monoisotopic (exact) mass is 443 g/mol. The van der Waals surface area contributed by atoms with E-state index < -0.39 is 11.6 Å². The lowest BCUT2D eigenvalue weighted by atomic mass is 9.47. The van der Waals surface area contributed by atoms with Crippen molar-refractivity contribution in [2.45, 2.75) is 84.2 Å². The molecule has 0 unspecified atom stereocenters. The first-order chi connectivity index (χ1) is 15.1. The molecule has 7 atom stereocenters. The van der Waals surface area contributed by atoms with Crippen molar-refractivity contribution in [3.8, 4) is 0 Å². The molecule has 3 fully saturated rings. The zero-order valence-electron chi connectivity index (χ0n) is 19.6. The van der Waals surface area contributed by atoms with E-state index in [0.717, 1.165) is 44.2 Å². The molecule has 6 nitrogen and oxygen atoms in total. The SMILES string of the molecule is C=C(CCC(=O)O)[C@]1(O)CC[C@H]2[C@@H]3CCC4=C/C(=N\OC(C)=O)CC[C@@H]4[C@H]3[C@@H](C)C[C@@]21C. The van der Waals surface area contributed by atoms with Crippen LogP contribution in [0.5, 0.6) is 0 Å². The molecule has 4 aliphatic rings. The summed E-state index contributed by atoms with van der Waals surface area (Å²) in [4.78, 5) is 27.1. The number of fused-ring (bicyclic) bond motifs is 5. The first kappa shape index (κ1) is 23.2. The maximum absolute atomic E-state index is 11.8. The highest BCUT2D eigenvalue weighted by molar-refractivity contribution is 5.96. The van der Waals surface area contributed by atoms with Gasteiger partial charge in [0.25, 0.3) is 0 Å². The van der Waals surface area contributed by atoms with Gasteiger partial charge in [0.2, 0.25) is 0 Å². The van der Waals surface area contributed by atoms with Gasteiger partial charge in [0, 0.05) is 18.8 Å². The molecule has 0 aromatic heterocycles. The minimum Gasteiger partial charge on any atom is -0.481 e. The fourth-order valence-corrected chi connectivity index (χ4v) is 8.02. The molecular formula is C26H37NO5. The Balaban J connectivity index is 1.56. The van der Waals surface area contributed by atoms with Gasteiger partial charge >= 0.3 is 11.9 Å². The smallest absolute Gasteiger partial charge is 0.331 e. The van der Waals surface area contributed by atoms with E-state index in [4.69, 9.17) is 9.94 Å². The van der Waals surface area contributed by atoms with Crippen LogP contribution >= 0.6 is 0 Å². The summed E-state index contributed by atoms with van der Waals surface area (Å²) in [5.74, 6) is 1.38. The van der Waals surface area contributed by atoms with Gasteiger partial charge in [-0.05, 0) is 92.6 Å². The quantitative estimate of drug-likeness (QED) is 0.359. The van der Waals surface area contributed by atoms with E-state index in [0.29, 0.717) is 48.0 Å². The number of carboxylic acid groups (broad SMARTS) is 1. The predicted molar refractivity (Wildman–Crippen MR) is 122 cm³/mol. The second kappa shape index (κ2) is 8.44. The molecule has 0 aromatic rings. The van der Waals surface area contributed by atoms with E-state index in [1.54, 1.807) is 0 Å². The van der Waals surface area contributed by atoms with E-state index in [1.807, 2.05) is 0 Å². The zero-order valence-corrected chi connectivity index (χ0v) is 19.6. The minimum atomic E-state index is -0.973. The molecule has 0 saturated heterocycles. The molecule has 0 radical (unpaired) electrons. The van der Waals surface area contributed by atoms with Crippen LogP contribution in [0.4, 0.5) is 0 Å². The fraction of sp³-hybridized carbons (Fsp3) is 0.731. The van der Waals surface area contributed by atoms with Gasteiger partial charge in [-0.3, -0.25) is 4.79 Å². The second-order valence-corrected chi connectivity index (χ2v) is 10.9. The Labute approximate surface area is 190 Å². The molecule has 0 spiro atoms. The maximum Gasteiger partial charge on any atom is 0.331 e. The van der Waals surface area contributed by atoms with Crippen LogP contribution < -0.4 is 0 Å². The van der Waals surface area contributed by atoms with Crippen LogP contribution in [0.1, 0.15) is 78.6 Å². The molecule has 6 heteroatoms. The van der Waals surface area contributed by atoms with Crippen molar-refractivity contribution in [1.29, 1.82) is 0 Å². The van der Waals surface area contributed by atoms with Crippen LogP contribution in [0.15, 0.2) is 29.0 Å².